The number of alkyl halides is 3. The first kappa shape index (κ1) is 26.3. The molecule has 0 spiro atoms. The molecule has 204 valence electrons. The summed E-state index contributed by atoms with van der Waals surface area (Å²) in [6, 6.07) is 12.7. The Balaban J connectivity index is 1.12. The maximum Gasteiger partial charge on any atom is 0.573 e. The van der Waals surface area contributed by atoms with Crippen molar-refractivity contribution >= 4 is 11.8 Å². The van der Waals surface area contributed by atoms with Gasteiger partial charge in [-0.25, -0.2) is 0 Å². The smallest absolute Gasteiger partial charge is 0.493 e. The third kappa shape index (κ3) is 6.78. The SMILES string of the molecule is O=C(CCc1ccc(OC(F)(F)F)cc1)N1CC[C@H]2[C@H](C1)OCCN2C(=O)c1ccc(OCC2CC2)cc1. The predicted molar refractivity (Wildman–Crippen MR) is 132 cm³/mol. The highest BCUT2D eigenvalue weighted by atomic mass is 19.4. The third-order valence-electron chi connectivity index (χ3n) is 7.27. The topological polar surface area (TPSA) is 68.3 Å². The van der Waals surface area contributed by atoms with Crippen molar-refractivity contribution in [3.63, 3.8) is 0 Å². The number of hydrogen-bond donors (Lipinski definition) is 0. The summed E-state index contributed by atoms with van der Waals surface area (Å²) in [7, 11) is 0. The van der Waals surface area contributed by atoms with E-state index in [0.29, 0.717) is 50.6 Å². The van der Waals surface area contributed by atoms with Crippen molar-refractivity contribution in [2.24, 2.45) is 5.92 Å². The number of rotatable bonds is 8. The van der Waals surface area contributed by atoms with E-state index < -0.39 is 6.36 Å². The van der Waals surface area contributed by atoms with Gasteiger partial charge in [0, 0.05) is 31.6 Å². The van der Waals surface area contributed by atoms with Crippen molar-refractivity contribution in [3.05, 3.63) is 59.7 Å². The largest absolute Gasteiger partial charge is 0.573 e. The molecule has 0 bridgehead atoms. The van der Waals surface area contributed by atoms with Crippen molar-refractivity contribution in [1.29, 1.82) is 0 Å². The number of aryl methyl sites for hydroxylation is 1. The quantitative estimate of drug-likeness (QED) is 0.503. The Hall–Kier alpha value is -3.27. The standard InChI is InChI=1S/C28H31F3N2O5/c29-28(30,31)38-23-8-3-19(4-9-23)5-12-26(34)32-14-13-24-25(17-32)36-16-15-33(24)27(35)21-6-10-22(11-7-21)37-18-20-1-2-20/h3-4,6-11,20,24-25H,1-2,5,12-18H2/t24-,25-/m0/s1. The Labute approximate surface area is 219 Å². The minimum Gasteiger partial charge on any atom is -0.493 e. The van der Waals surface area contributed by atoms with Crippen LogP contribution in [-0.2, 0) is 16.0 Å². The molecule has 3 fully saturated rings. The molecule has 38 heavy (non-hydrogen) atoms. The predicted octanol–water partition coefficient (Wildman–Crippen LogP) is 4.45. The average molecular weight is 533 g/mol. The Morgan fingerprint density at radius 1 is 0.947 bits per heavy atom. The molecule has 5 rings (SSSR count). The number of amides is 2. The lowest BCUT2D eigenvalue weighted by Gasteiger charge is -2.46. The van der Waals surface area contributed by atoms with Crippen molar-refractivity contribution in [3.8, 4) is 11.5 Å². The van der Waals surface area contributed by atoms with Gasteiger partial charge in [0.25, 0.3) is 5.91 Å². The van der Waals surface area contributed by atoms with E-state index in [2.05, 4.69) is 4.74 Å². The molecule has 0 unspecified atom stereocenters. The van der Waals surface area contributed by atoms with E-state index in [1.54, 1.807) is 17.0 Å². The zero-order valence-electron chi connectivity index (χ0n) is 21.0. The second kappa shape index (κ2) is 11.2. The van der Waals surface area contributed by atoms with Gasteiger partial charge in [-0.2, -0.15) is 0 Å². The van der Waals surface area contributed by atoms with E-state index >= 15 is 0 Å². The number of morpholine rings is 1. The van der Waals surface area contributed by atoms with Crippen LogP contribution in [0, 0.1) is 5.92 Å². The lowest BCUT2D eigenvalue weighted by atomic mass is 9.96. The number of nitrogens with zero attached hydrogens (tertiary/aromatic N) is 2. The van der Waals surface area contributed by atoms with Gasteiger partial charge in [-0.15, -0.1) is 13.2 Å². The van der Waals surface area contributed by atoms with Gasteiger partial charge in [0.05, 0.1) is 25.4 Å². The van der Waals surface area contributed by atoms with Crippen LogP contribution in [0.3, 0.4) is 0 Å². The van der Waals surface area contributed by atoms with Crippen LogP contribution < -0.4 is 9.47 Å². The third-order valence-corrected chi connectivity index (χ3v) is 7.27. The molecule has 7 nitrogen and oxygen atoms in total. The molecule has 2 amide bonds. The highest BCUT2D eigenvalue weighted by Gasteiger charge is 2.40. The minimum absolute atomic E-state index is 0.0465. The Morgan fingerprint density at radius 2 is 1.66 bits per heavy atom. The van der Waals surface area contributed by atoms with Crippen LogP contribution in [-0.4, -0.2) is 73.0 Å². The molecule has 0 aromatic heterocycles. The molecule has 2 aromatic carbocycles. The lowest BCUT2D eigenvalue weighted by molar-refractivity contribution is -0.274. The van der Waals surface area contributed by atoms with Gasteiger partial charge < -0.3 is 24.0 Å². The van der Waals surface area contributed by atoms with Crippen molar-refractivity contribution in [1.82, 2.24) is 9.80 Å². The van der Waals surface area contributed by atoms with Crippen LogP contribution in [0.15, 0.2) is 48.5 Å². The first-order chi connectivity index (χ1) is 18.2. The molecule has 2 heterocycles. The Kier molecular flexibility index (Phi) is 7.78. The molecular formula is C28H31F3N2O5. The fraction of sp³-hybridized carbons (Fsp3) is 0.500. The van der Waals surface area contributed by atoms with E-state index in [-0.39, 0.29) is 36.1 Å². The number of carbonyl (C=O) groups is 2. The Bertz CT molecular complexity index is 1120. The molecule has 10 heteroatoms. The molecule has 0 N–H and O–H groups in total. The van der Waals surface area contributed by atoms with Crippen LogP contribution >= 0.6 is 0 Å². The Morgan fingerprint density at radius 3 is 2.34 bits per heavy atom. The highest BCUT2D eigenvalue weighted by molar-refractivity contribution is 5.94. The van der Waals surface area contributed by atoms with Gasteiger partial charge in [0.2, 0.25) is 5.91 Å². The molecule has 1 aliphatic carbocycles. The van der Waals surface area contributed by atoms with Gasteiger partial charge >= 0.3 is 6.36 Å². The summed E-state index contributed by atoms with van der Waals surface area (Å²) >= 11 is 0. The molecule has 2 saturated heterocycles. The summed E-state index contributed by atoms with van der Waals surface area (Å²) in [5.74, 6) is 1.04. The number of halogens is 3. The van der Waals surface area contributed by atoms with Crippen molar-refractivity contribution in [2.45, 2.75) is 50.6 Å². The summed E-state index contributed by atoms with van der Waals surface area (Å²) in [5, 5.41) is 0. The van der Waals surface area contributed by atoms with Gasteiger partial charge in [-0.1, -0.05) is 12.1 Å². The molecule has 2 aliphatic heterocycles. The second-order valence-corrected chi connectivity index (χ2v) is 10.1. The number of carbonyl (C=O) groups excluding carboxylic acids is 2. The van der Waals surface area contributed by atoms with Crippen LogP contribution in [0.4, 0.5) is 13.2 Å². The van der Waals surface area contributed by atoms with E-state index in [1.807, 2.05) is 17.0 Å². The summed E-state index contributed by atoms with van der Waals surface area (Å²) in [5.41, 5.74) is 1.35. The number of likely N-dealkylation sites (tertiary alicyclic amines) is 1. The van der Waals surface area contributed by atoms with Crippen LogP contribution in [0.2, 0.25) is 0 Å². The second-order valence-electron chi connectivity index (χ2n) is 10.1. The molecule has 2 aromatic rings. The first-order valence-corrected chi connectivity index (χ1v) is 13.0. The number of benzene rings is 2. The maximum atomic E-state index is 13.3. The number of piperidine rings is 1. The zero-order chi connectivity index (χ0) is 26.7. The molecular weight excluding hydrogens is 501 g/mol. The molecule has 1 saturated carbocycles. The van der Waals surface area contributed by atoms with Crippen LogP contribution in [0.25, 0.3) is 0 Å². The monoisotopic (exact) mass is 532 g/mol. The van der Waals surface area contributed by atoms with Crippen molar-refractivity contribution in [2.75, 3.05) is 32.8 Å². The summed E-state index contributed by atoms with van der Waals surface area (Å²) in [4.78, 5) is 29.8. The van der Waals surface area contributed by atoms with Crippen LogP contribution in [0.5, 0.6) is 11.5 Å². The molecule has 3 aliphatic rings. The van der Waals surface area contributed by atoms with E-state index in [9.17, 15) is 22.8 Å². The lowest BCUT2D eigenvalue weighted by Crippen LogP contribution is -2.61. The number of fused-ring (bicyclic) bond motifs is 1. The molecule has 0 radical (unpaired) electrons. The number of ether oxygens (including phenoxy) is 3. The summed E-state index contributed by atoms with van der Waals surface area (Å²) in [6.07, 6.45) is -1.30. The fourth-order valence-electron chi connectivity index (χ4n) is 5.00. The van der Waals surface area contributed by atoms with Crippen LogP contribution in [0.1, 0.15) is 41.6 Å². The summed E-state index contributed by atoms with van der Waals surface area (Å²) in [6.45, 7) is 2.55. The van der Waals surface area contributed by atoms with Gasteiger partial charge in [0.1, 0.15) is 11.5 Å². The average Bonchev–Trinajstić information content (AvgIpc) is 3.74. The van der Waals surface area contributed by atoms with E-state index in [1.165, 1.54) is 37.1 Å². The number of hydrogen-bond acceptors (Lipinski definition) is 5. The van der Waals surface area contributed by atoms with Gasteiger partial charge in [-0.3, -0.25) is 9.59 Å². The maximum absolute atomic E-state index is 13.3. The van der Waals surface area contributed by atoms with Gasteiger partial charge in [-0.05, 0) is 73.6 Å². The first-order valence-electron chi connectivity index (χ1n) is 13.0. The normalized spacial score (nSPS) is 21.6. The minimum atomic E-state index is -4.74. The zero-order valence-corrected chi connectivity index (χ0v) is 21.0. The fourth-order valence-corrected chi connectivity index (χ4v) is 5.00. The highest BCUT2D eigenvalue weighted by Crippen LogP contribution is 2.30. The van der Waals surface area contributed by atoms with Crippen molar-refractivity contribution < 1.29 is 37.0 Å². The summed E-state index contributed by atoms with van der Waals surface area (Å²) < 4.78 is 52.6. The van der Waals surface area contributed by atoms with E-state index in [4.69, 9.17) is 9.47 Å². The van der Waals surface area contributed by atoms with E-state index in [0.717, 1.165) is 17.9 Å². The van der Waals surface area contributed by atoms with Gasteiger partial charge in [0.15, 0.2) is 0 Å². The molecule has 2 atom stereocenters.